The summed E-state index contributed by atoms with van der Waals surface area (Å²) in [4.78, 5) is 25.7. The van der Waals surface area contributed by atoms with Gasteiger partial charge in [-0.15, -0.1) is 0 Å². The molecular weight excluding hydrogens is 324 g/mol. The highest BCUT2D eigenvalue weighted by Crippen LogP contribution is 2.45. The first-order valence-corrected chi connectivity index (χ1v) is 8.15. The van der Waals surface area contributed by atoms with E-state index in [0.29, 0.717) is 23.4 Å². The lowest BCUT2D eigenvalue weighted by Gasteiger charge is -2.27. The average Bonchev–Trinajstić information content (AvgIpc) is 2.77. The Morgan fingerprint density at radius 1 is 1.40 bits per heavy atom. The van der Waals surface area contributed by atoms with Crippen molar-refractivity contribution in [2.24, 2.45) is 5.92 Å². The van der Waals surface area contributed by atoms with Gasteiger partial charge in [-0.2, -0.15) is 0 Å². The lowest BCUT2D eigenvalue weighted by atomic mass is 9.82. The van der Waals surface area contributed by atoms with Gasteiger partial charge in [-0.05, 0) is 31.5 Å². The van der Waals surface area contributed by atoms with E-state index in [-0.39, 0.29) is 6.61 Å². The molecule has 0 radical (unpaired) electrons. The van der Waals surface area contributed by atoms with E-state index in [9.17, 15) is 19.8 Å². The Labute approximate surface area is 146 Å². The highest BCUT2D eigenvalue weighted by Gasteiger charge is 2.51. The SMILES string of the molecule is C[C@H](O)C(=O)Nc1ccc2c(c1)[C@@](O)([C@H](C)/C=C/CCO)C(=O)N2C. The minimum Gasteiger partial charge on any atom is -0.396 e. The van der Waals surface area contributed by atoms with Crippen LogP contribution in [0.5, 0.6) is 0 Å². The first-order valence-electron chi connectivity index (χ1n) is 8.15. The number of amides is 2. The summed E-state index contributed by atoms with van der Waals surface area (Å²) in [6.07, 6.45) is 2.67. The van der Waals surface area contributed by atoms with Crippen LogP contribution in [-0.2, 0) is 15.2 Å². The maximum absolute atomic E-state index is 12.7. The van der Waals surface area contributed by atoms with Gasteiger partial charge in [0.25, 0.3) is 11.8 Å². The number of rotatable bonds is 6. The first kappa shape index (κ1) is 19.1. The number of aliphatic hydroxyl groups excluding tert-OH is 2. The molecule has 0 spiro atoms. The fraction of sp³-hybridized carbons (Fsp3) is 0.444. The van der Waals surface area contributed by atoms with Crippen LogP contribution in [-0.4, -0.2) is 46.9 Å². The van der Waals surface area contributed by atoms with Gasteiger partial charge in [0.2, 0.25) is 0 Å². The number of benzene rings is 1. The molecule has 136 valence electrons. The summed E-state index contributed by atoms with van der Waals surface area (Å²) < 4.78 is 0. The molecule has 7 nitrogen and oxygen atoms in total. The van der Waals surface area contributed by atoms with E-state index in [1.54, 1.807) is 44.3 Å². The number of anilines is 2. The summed E-state index contributed by atoms with van der Waals surface area (Å²) in [5.41, 5.74) is -0.422. The van der Waals surface area contributed by atoms with Crippen molar-refractivity contribution in [1.29, 1.82) is 0 Å². The van der Waals surface area contributed by atoms with Crippen molar-refractivity contribution in [2.75, 3.05) is 23.9 Å². The minimum absolute atomic E-state index is 0.0123. The molecule has 0 saturated carbocycles. The number of carbonyl (C=O) groups excluding carboxylic acids is 2. The number of fused-ring (bicyclic) bond motifs is 1. The molecule has 1 aliphatic rings. The highest BCUT2D eigenvalue weighted by molar-refractivity contribution is 6.07. The zero-order valence-corrected chi connectivity index (χ0v) is 14.6. The summed E-state index contributed by atoms with van der Waals surface area (Å²) in [5, 5.41) is 31.9. The van der Waals surface area contributed by atoms with E-state index < -0.39 is 29.4 Å². The van der Waals surface area contributed by atoms with Crippen LogP contribution in [0, 0.1) is 5.92 Å². The fourth-order valence-electron chi connectivity index (χ4n) is 2.89. The Hall–Kier alpha value is -2.22. The van der Waals surface area contributed by atoms with Gasteiger partial charge in [0.15, 0.2) is 5.60 Å². The number of likely N-dealkylation sites (N-methyl/N-ethyl adjacent to an activating group) is 1. The predicted molar refractivity (Wildman–Crippen MR) is 94.1 cm³/mol. The van der Waals surface area contributed by atoms with Crippen LogP contribution in [0.1, 0.15) is 25.8 Å². The van der Waals surface area contributed by atoms with Gasteiger partial charge >= 0.3 is 0 Å². The molecule has 1 aromatic rings. The van der Waals surface area contributed by atoms with Crippen LogP contribution in [0.25, 0.3) is 0 Å². The molecule has 1 aromatic carbocycles. The number of hydrogen-bond donors (Lipinski definition) is 4. The average molecular weight is 348 g/mol. The summed E-state index contributed by atoms with van der Waals surface area (Å²) in [6.45, 7) is 3.06. The van der Waals surface area contributed by atoms with Crippen LogP contribution in [0.4, 0.5) is 11.4 Å². The van der Waals surface area contributed by atoms with E-state index in [2.05, 4.69) is 5.32 Å². The van der Waals surface area contributed by atoms with E-state index in [4.69, 9.17) is 5.11 Å². The monoisotopic (exact) mass is 348 g/mol. The zero-order valence-electron chi connectivity index (χ0n) is 14.6. The molecule has 1 heterocycles. The molecule has 0 unspecified atom stereocenters. The molecule has 3 atom stereocenters. The van der Waals surface area contributed by atoms with E-state index in [1.807, 2.05) is 0 Å². The van der Waals surface area contributed by atoms with Gasteiger partial charge in [-0.1, -0.05) is 19.1 Å². The highest BCUT2D eigenvalue weighted by atomic mass is 16.3. The second kappa shape index (κ2) is 7.35. The van der Waals surface area contributed by atoms with Crippen molar-refractivity contribution < 1.29 is 24.9 Å². The fourth-order valence-corrected chi connectivity index (χ4v) is 2.89. The summed E-state index contributed by atoms with van der Waals surface area (Å²) >= 11 is 0. The van der Waals surface area contributed by atoms with Gasteiger partial charge in [-0.25, -0.2) is 0 Å². The van der Waals surface area contributed by atoms with Gasteiger partial charge in [0.1, 0.15) is 6.10 Å². The van der Waals surface area contributed by atoms with Gasteiger partial charge in [0.05, 0.1) is 5.69 Å². The van der Waals surface area contributed by atoms with Crippen molar-refractivity contribution in [3.63, 3.8) is 0 Å². The van der Waals surface area contributed by atoms with Crippen molar-refractivity contribution in [2.45, 2.75) is 32.0 Å². The number of nitrogens with zero attached hydrogens (tertiary/aromatic N) is 1. The molecule has 0 aliphatic carbocycles. The predicted octanol–water partition coefficient (Wildman–Crippen LogP) is 0.745. The normalized spacial score (nSPS) is 22.2. The number of aliphatic hydroxyl groups is 3. The molecule has 0 fully saturated rings. The van der Waals surface area contributed by atoms with Crippen LogP contribution in [0.15, 0.2) is 30.4 Å². The third kappa shape index (κ3) is 3.44. The molecular formula is C18H24N2O5. The van der Waals surface area contributed by atoms with Gasteiger partial charge < -0.3 is 25.5 Å². The van der Waals surface area contributed by atoms with E-state index >= 15 is 0 Å². The standard InChI is InChI=1S/C18H24N2O5/c1-11(6-4-5-9-21)18(25)14-10-13(19-16(23)12(2)22)7-8-15(14)20(3)17(18)24/h4,6-8,10-12,21-22,25H,5,9H2,1-3H3,(H,19,23)/b6-4+/t11-,12+,18+/m1/s1. The van der Waals surface area contributed by atoms with Gasteiger partial charge in [0, 0.05) is 30.8 Å². The molecule has 4 N–H and O–H groups in total. The Morgan fingerprint density at radius 3 is 2.68 bits per heavy atom. The topological polar surface area (TPSA) is 110 Å². The lowest BCUT2D eigenvalue weighted by Crippen LogP contribution is -2.43. The van der Waals surface area contributed by atoms with Crippen LogP contribution in [0.2, 0.25) is 0 Å². The Bertz CT molecular complexity index is 701. The third-order valence-corrected chi connectivity index (χ3v) is 4.43. The molecule has 2 amide bonds. The maximum atomic E-state index is 12.7. The Morgan fingerprint density at radius 2 is 2.08 bits per heavy atom. The second-order valence-corrected chi connectivity index (χ2v) is 6.26. The Balaban J connectivity index is 2.42. The second-order valence-electron chi connectivity index (χ2n) is 6.26. The zero-order chi connectivity index (χ0) is 18.8. The quantitative estimate of drug-likeness (QED) is 0.567. The number of carbonyl (C=O) groups is 2. The van der Waals surface area contributed by atoms with Crippen LogP contribution in [0.3, 0.4) is 0 Å². The van der Waals surface area contributed by atoms with Crippen LogP contribution >= 0.6 is 0 Å². The molecule has 7 heteroatoms. The van der Waals surface area contributed by atoms with Crippen molar-refractivity contribution in [3.05, 3.63) is 35.9 Å². The molecule has 25 heavy (non-hydrogen) atoms. The smallest absolute Gasteiger partial charge is 0.264 e. The van der Waals surface area contributed by atoms with Gasteiger partial charge in [-0.3, -0.25) is 9.59 Å². The van der Waals surface area contributed by atoms with E-state index in [0.717, 1.165) is 0 Å². The number of hydrogen-bond acceptors (Lipinski definition) is 5. The van der Waals surface area contributed by atoms with Crippen molar-refractivity contribution >= 4 is 23.2 Å². The molecule has 0 saturated heterocycles. The van der Waals surface area contributed by atoms with Crippen LogP contribution < -0.4 is 10.2 Å². The van der Waals surface area contributed by atoms with E-state index in [1.165, 1.54) is 11.8 Å². The number of nitrogens with one attached hydrogen (secondary N) is 1. The van der Waals surface area contributed by atoms with Crippen molar-refractivity contribution in [1.82, 2.24) is 0 Å². The summed E-state index contributed by atoms with van der Waals surface area (Å²) in [7, 11) is 1.58. The molecule has 0 bridgehead atoms. The first-order chi connectivity index (χ1) is 11.7. The molecule has 1 aliphatic heterocycles. The maximum Gasteiger partial charge on any atom is 0.264 e. The molecule has 2 rings (SSSR count). The lowest BCUT2D eigenvalue weighted by molar-refractivity contribution is -0.139. The minimum atomic E-state index is -1.76. The summed E-state index contributed by atoms with van der Waals surface area (Å²) in [6, 6.07) is 4.81. The summed E-state index contributed by atoms with van der Waals surface area (Å²) in [5.74, 6) is -1.56. The third-order valence-electron chi connectivity index (χ3n) is 4.43. The molecule has 0 aromatic heterocycles. The van der Waals surface area contributed by atoms with Crippen molar-refractivity contribution in [3.8, 4) is 0 Å². The largest absolute Gasteiger partial charge is 0.396 e. The Kier molecular flexibility index (Phi) is 5.62.